The average molecular weight is 1030 g/mol. The minimum absolute atomic E-state index is 0.346. The first kappa shape index (κ1) is 46.7. The summed E-state index contributed by atoms with van der Waals surface area (Å²) in [7, 11) is 6.23. The van der Waals surface area contributed by atoms with E-state index in [2.05, 4.69) is 255 Å². The Hall–Kier alpha value is -4.83. The molecule has 0 unspecified atom stereocenters. The van der Waals surface area contributed by atoms with Crippen molar-refractivity contribution in [2.75, 3.05) is 12.7 Å². The first-order valence-electron chi connectivity index (χ1n) is 21.7. The standard InChI is InChI=1S/C44H32P2.C14H15NP.2ClH.Ru/c1-5-19-35(20-6-1)45(36-21-7-2-8-22-36)41-31-29-33-17-13-15-27-39(33)43(41)44-40-28-16-14-18-34(40)30-32-42(44)46(37-23-9-3-10-24-37)38-25-11-4-12-26-38;15-11-12-16(13-7-3-1-4-8-13)14-9-5-2-6-10-14;;;/h1-32H;1-10,15H,11-12H2;2*1H;/q;-1;;;+2/p+1. The summed E-state index contributed by atoms with van der Waals surface area (Å²) in [5.41, 5.74) is 10.2. The van der Waals surface area contributed by atoms with E-state index < -0.39 is 23.8 Å². The van der Waals surface area contributed by atoms with Crippen LogP contribution in [0.3, 0.4) is 0 Å². The number of hydrogen-bond acceptors (Lipinski definition) is 0. The maximum absolute atomic E-state index is 7.46. The molecule has 322 valence electrons. The molecule has 0 aliphatic rings. The van der Waals surface area contributed by atoms with Gasteiger partial charge < -0.3 is 5.73 Å². The third kappa shape index (κ3) is 11.4. The fourth-order valence-electron chi connectivity index (χ4n) is 8.73. The molecule has 0 spiro atoms. The topological polar surface area (TPSA) is 23.8 Å². The van der Waals surface area contributed by atoms with Crippen molar-refractivity contribution >= 4 is 107 Å². The number of benzene rings is 10. The van der Waals surface area contributed by atoms with Crippen molar-refractivity contribution in [1.82, 2.24) is 0 Å². The smallest absolute Gasteiger partial charge is 0.111 e. The Morgan fingerprint density at radius 2 is 0.585 bits per heavy atom. The molecule has 0 bridgehead atoms. The van der Waals surface area contributed by atoms with Gasteiger partial charge in [-0.2, -0.15) is 0 Å². The zero-order valence-corrected chi connectivity index (χ0v) is 42.0. The van der Waals surface area contributed by atoms with Crippen LogP contribution in [0.15, 0.2) is 255 Å². The van der Waals surface area contributed by atoms with Crippen molar-refractivity contribution < 1.29 is 15.1 Å². The van der Waals surface area contributed by atoms with Crippen LogP contribution in [-0.2, 0) is 15.1 Å². The second-order valence-corrected chi connectivity index (χ2v) is 25.5. The van der Waals surface area contributed by atoms with E-state index in [0.717, 1.165) is 6.16 Å². The molecule has 1 N–H and O–H groups in total. The maximum atomic E-state index is 7.46. The maximum Gasteiger partial charge on any atom is 0.111 e. The zero-order valence-electron chi connectivity index (χ0n) is 35.8. The number of halogens is 2. The van der Waals surface area contributed by atoms with E-state index in [1.807, 2.05) is 0 Å². The Bertz CT molecular complexity index is 2720. The molecule has 0 saturated carbocycles. The van der Waals surface area contributed by atoms with Gasteiger partial charge in [0.15, 0.2) is 0 Å². The van der Waals surface area contributed by atoms with Gasteiger partial charge in [0.25, 0.3) is 0 Å². The first-order chi connectivity index (χ1) is 32.2. The summed E-state index contributed by atoms with van der Waals surface area (Å²) in [6.45, 7) is 0.512. The molecule has 10 rings (SSSR count). The number of rotatable bonds is 11. The molecule has 0 aliphatic heterocycles. The van der Waals surface area contributed by atoms with Gasteiger partial charge in [-0.15, -0.1) is 6.54 Å². The molecule has 7 heteroatoms. The molecule has 0 atom stereocenters. The Labute approximate surface area is 403 Å². The van der Waals surface area contributed by atoms with Crippen molar-refractivity contribution in [2.45, 2.75) is 0 Å². The number of fused-ring (bicyclic) bond motifs is 2. The van der Waals surface area contributed by atoms with Gasteiger partial charge in [-0.3, -0.25) is 0 Å². The van der Waals surface area contributed by atoms with Crippen LogP contribution < -0.4 is 42.4 Å². The Balaban J connectivity index is 0.000000253. The minimum atomic E-state index is -1.37. The van der Waals surface area contributed by atoms with Gasteiger partial charge in [-0.1, -0.05) is 170 Å². The van der Waals surface area contributed by atoms with Crippen molar-refractivity contribution in [3.63, 3.8) is 0 Å². The van der Waals surface area contributed by atoms with Crippen LogP contribution in [0.1, 0.15) is 0 Å². The summed E-state index contributed by atoms with van der Waals surface area (Å²) < 4.78 is 0. The summed E-state index contributed by atoms with van der Waals surface area (Å²) in [6, 6.07) is 93.4. The first-order valence-corrected chi connectivity index (χ1v) is 30.8. The Morgan fingerprint density at radius 3 is 0.877 bits per heavy atom. The van der Waals surface area contributed by atoms with Crippen molar-refractivity contribution in [3.8, 4) is 11.1 Å². The van der Waals surface area contributed by atoms with Crippen molar-refractivity contribution in [1.29, 1.82) is 0 Å². The van der Waals surface area contributed by atoms with Crippen LogP contribution >= 0.6 is 43.1 Å². The SMILES string of the molecule is [Cl][Ru][Cl].[NH-]CC[PH+](c1ccccc1)c1ccccc1.c1ccc([PH+](c2ccccc2)c2ccc3ccccc3c2-c2c([PH+](c3ccccc3)c3ccccc3)ccc3ccccc23)cc1. The van der Waals surface area contributed by atoms with Crippen LogP contribution in [0.25, 0.3) is 38.4 Å². The van der Waals surface area contributed by atoms with Gasteiger partial charge in [0, 0.05) is 17.3 Å². The van der Waals surface area contributed by atoms with Gasteiger partial charge in [0.05, 0.1) is 34.4 Å². The summed E-state index contributed by atoms with van der Waals surface area (Å²) in [6.07, 6.45) is 0.985. The van der Waals surface area contributed by atoms with Gasteiger partial charge in [0.1, 0.15) is 31.8 Å². The summed E-state index contributed by atoms with van der Waals surface area (Å²) in [5.74, 6) is 0. The number of hydrogen-bond donors (Lipinski definition) is 0. The summed E-state index contributed by atoms with van der Waals surface area (Å²) in [4.78, 5) is 0. The molecular formula is C58H50Cl2NP3Ru+2. The average Bonchev–Trinajstić information content (AvgIpc) is 3.38. The molecule has 0 amide bonds. The van der Waals surface area contributed by atoms with Crippen molar-refractivity contribution in [3.05, 3.63) is 261 Å². The van der Waals surface area contributed by atoms with Crippen LogP contribution in [0.2, 0.25) is 0 Å². The second-order valence-electron chi connectivity index (χ2n) is 15.4. The van der Waals surface area contributed by atoms with E-state index >= 15 is 0 Å². The molecule has 0 radical (unpaired) electrons. The second kappa shape index (κ2) is 24.1. The molecule has 10 aromatic carbocycles. The molecule has 0 saturated heterocycles. The van der Waals surface area contributed by atoms with Gasteiger partial charge in [-0.25, -0.2) is 0 Å². The van der Waals surface area contributed by atoms with E-state index in [1.165, 1.54) is 75.1 Å². The van der Waals surface area contributed by atoms with Gasteiger partial charge in [-0.05, 0) is 106 Å². The fourth-order valence-corrected chi connectivity index (χ4v) is 16.6. The van der Waals surface area contributed by atoms with E-state index in [9.17, 15) is 0 Å². The predicted octanol–water partition coefficient (Wildman–Crippen LogP) is 12.9. The summed E-state index contributed by atoms with van der Waals surface area (Å²) >= 11 is -0.346. The fraction of sp³-hybridized carbons (Fsp3) is 0.0345. The van der Waals surface area contributed by atoms with Crippen molar-refractivity contribution in [2.24, 2.45) is 0 Å². The quantitative estimate of drug-likeness (QED) is 0.0911. The van der Waals surface area contributed by atoms with Gasteiger partial charge in [0.2, 0.25) is 0 Å². The normalized spacial score (nSPS) is 11.0. The largest absolute Gasteiger partial charge is 0.674 e. The van der Waals surface area contributed by atoms with Crippen LogP contribution in [0.4, 0.5) is 0 Å². The van der Waals surface area contributed by atoms with Gasteiger partial charge >= 0.3 is 34.5 Å². The molecule has 0 aromatic heterocycles. The third-order valence-electron chi connectivity index (χ3n) is 11.5. The molecule has 0 heterocycles. The molecular weight excluding hydrogens is 976 g/mol. The third-order valence-corrected chi connectivity index (χ3v) is 19.9. The van der Waals surface area contributed by atoms with E-state index in [1.54, 1.807) is 0 Å². The summed E-state index contributed by atoms with van der Waals surface area (Å²) in [5, 5.41) is 16.4. The molecule has 10 aromatic rings. The number of nitrogens with one attached hydrogen (secondary N) is 1. The van der Waals surface area contributed by atoms with Crippen LogP contribution in [-0.4, -0.2) is 12.7 Å². The minimum Gasteiger partial charge on any atom is -0.674 e. The van der Waals surface area contributed by atoms with Crippen LogP contribution in [0.5, 0.6) is 0 Å². The molecule has 0 fully saturated rings. The predicted molar refractivity (Wildman–Crippen MR) is 293 cm³/mol. The zero-order chi connectivity index (χ0) is 44.6. The van der Waals surface area contributed by atoms with E-state index in [-0.39, 0.29) is 15.1 Å². The molecule has 65 heavy (non-hydrogen) atoms. The molecule has 1 nitrogen and oxygen atoms in total. The van der Waals surface area contributed by atoms with E-state index in [4.69, 9.17) is 25.1 Å². The monoisotopic (exact) mass is 1030 g/mol. The van der Waals surface area contributed by atoms with Crippen LogP contribution in [0, 0.1) is 0 Å². The Kier molecular flexibility index (Phi) is 17.3. The molecule has 0 aliphatic carbocycles. The van der Waals surface area contributed by atoms with E-state index in [0.29, 0.717) is 6.54 Å². The Morgan fingerprint density at radius 1 is 0.323 bits per heavy atom.